The van der Waals surface area contributed by atoms with Crippen LogP contribution in [0.2, 0.25) is 0 Å². The molecule has 1 aliphatic carbocycles. The minimum Gasteiger partial charge on any atom is -0.361 e. The molecule has 0 fully saturated rings. The first-order chi connectivity index (χ1) is 10.4. The Morgan fingerprint density at radius 3 is 2.82 bits per heavy atom. The van der Waals surface area contributed by atoms with Gasteiger partial charge in [-0.25, -0.2) is 9.29 Å². The Morgan fingerprint density at radius 2 is 2.09 bits per heavy atom. The van der Waals surface area contributed by atoms with Crippen LogP contribution < -0.4 is 0 Å². The molecule has 7 heteroatoms. The molecule has 4 rings (SSSR count). The van der Waals surface area contributed by atoms with Gasteiger partial charge >= 0.3 is 6.10 Å². The van der Waals surface area contributed by atoms with Crippen molar-refractivity contribution in [2.24, 2.45) is 0 Å². The third-order valence-electron chi connectivity index (χ3n) is 4.34. The van der Waals surface area contributed by atoms with Crippen LogP contribution in [0.4, 0.5) is 4.39 Å². The Labute approximate surface area is 124 Å². The molecule has 0 saturated heterocycles. The summed E-state index contributed by atoms with van der Waals surface area (Å²) in [6.45, 7) is -0.352. The normalized spacial score (nSPS) is 21.9. The molecular weight excluding hydrogens is 291 g/mol. The maximum absolute atomic E-state index is 14.4. The van der Waals surface area contributed by atoms with Crippen LogP contribution in [0, 0.1) is 5.82 Å². The molecule has 2 heterocycles. The Morgan fingerprint density at radius 1 is 1.32 bits per heavy atom. The highest BCUT2D eigenvalue weighted by atomic mass is 19.1. The van der Waals surface area contributed by atoms with Crippen molar-refractivity contribution in [3.05, 3.63) is 41.3 Å². The van der Waals surface area contributed by atoms with Crippen LogP contribution >= 0.6 is 0 Å². The number of H-pyrrole nitrogens is 1. The quantitative estimate of drug-likeness (QED) is 0.560. The van der Waals surface area contributed by atoms with Gasteiger partial charge in [-0.05, 0) is 35.8 Å². The fourth-order valence-electron chi connectivity index (χ4n) is 3.45. The number of hydrogen-bond donors (Lipinski definition) is 4. The Hall–Kier alpha value is -2.06. The van der Waals surface area contributed by atoms with E-state index in [1.807, 2.05) is 0 Å². The van der Waals surface area contributed by atoms with Gasteiger partial charge in [0.15, 0.2) is 5.78 Å². The molecule has 2 aliphatic rings. The van der Waals surface area contributed by atoms with E-state index >= 15 is 0 Å². The molecule has 1 aromatic carbocycles. The fourth-order valence-corrected chi connectivity index (χ4v) is 3.45. The summed E-state index contributed by atoms with van der Waals surface area (Å²) < 4.78 is 14.4. The molecule has 1 atom stereocenters. The van der Waals surface area contributed by atoms with Crippen LogP contribution in [-0.4, -0.2) is 49.7 Å². The standard InChI is InChI=1S/C15H13FN2O4/c16-10-1-2-11-13-7(5-17-11)3-12-9(14(10)13)4-8(19)6-18(12)15(20,21)22/h1-2,4-5,12,17,20-22H,3,6H2. The largest absolute Gasteiger partial charge is 0.361 e. The van der Waals surface area contributed by atoms with E-state index < -0.39 is 23.7 Å². The second-order valence-corrected chi connectivity index (χ2v) is 5.67. The highest BCUT2D eigenvalue weighted by molar-refractivity contribution is 6.07. The van der Waals surface area contributed by atoms with Crippen LogP contribution in [0.1, 0.15) is 11.1 Å². The van der Waals surface area contributed by atoms with Gasteiger partial charge in [0, 0.05) is 28.7 Å². The zero-order valence-electron chi connectivity index (χ0n) is 11.4. The number of benzene rings is 1. The number of nitrogens with zero attached hydrogens (tertiary/aromatic N) is 1. The number of ketones is 1. The van der Waals surface area contributed by atoms with Gasteiger partial charge < -0.3 is 20.3 Å². The average molecular weight is 304 g/mol. The first-order valence-electron chi connectivity index (χ1n) is 6.83. The van der Waals surface area contributed by atoms with Crippen molar-refractivity contribution in [3.63, 3.8) is 0 Å². The number of carbonyl (C=O) groups excluding carboxylic acids is 1. The summed E-state index contributed by atoms with van der Waals surface area (Å²) in [4.78, 5) is 15.8. The molecule has 0 bridgehead atoms. The highest BCUT2D eigenvalue weighted by Crippen LogP contribution is 2.42. The molecule has 6 nitrogen and oxygen atoms in total. The average Bonchev–Trinajstić information content (AvgIpc) is 2.84. The molecule has 0 amide bonds. The molecule has 2 aromatic rings. The monoisotopic (exact) mass is 304 g/mol. The van der Waals surface area contributed by atoms with E-state index in [-0.39, 0.29) is 12.1 Å². The van der Waals surface area contributed by atoms with Crippen LogP contribution in [0.25, 0.3) is 16.5 Å². The number of rotatable bonds is 1. The van der Waals surface area contributed by atoms with Crippen molar-refractivity contribution in [1.82, 2.24) is 9.88 Å². The lowest BCUT2D eigenvalue weighted by atomic mass is 9.81. The van der Waals surface area contributed by atoms with Gasteiger partial charge in [-0.3, -0.25) is 4.79 Å². The van der Waals surface area contributed by atoms with E-state index in [0.29, 0.717) is 17.4 Å². The summed E-state index contributed by atoms with van der Waals surface area (Å²) in [6.07, 6.45) is 0.241. The number of aliphatic hydroxyl groups is 3. The van der Waals surface area contributed by atoms with Gasteiger partial charge in [0.25, 0.3) is 0 Å². The fraction of sp³-hybridized carbons (Fsp3) is 0.267. The van der Waals surface area contributed by atoms with Crippen molar-refractivity contribution in [2.75, 3.05) is 6.54 Å². The maximum atomic E-state index is 14.4. The highest BCUT2D eigenvalue weighted by Gasteiger charge is 2.44. The number of fused-ring (bicyclic) bond motifs is 2. The van der Waals surface area contributed by atoms with Gasteiger partial charge in [0.05, 0.1) is 6.54 Å². The molecule has 0 radical (unpaired) electrons. The number of halogens is 1. The van der Waals surface area contributed by atoms with E-state index in [2.05, 4.69) is 4.98 Å². The van der Waals surface area contributed by atoms with E-state index in [1.54, 1.807) is 12.3 Å². The third-order valence-corrected chi connectivity index (χ3v) is 4.34. The molecule has 1 unspecified atom stereocenters. The van der Waals surface area contributed by atoms with Crippen LogP contribution in [0.15, 0.2) is 24.4 Å². The van der Waals surface area contributed by atoms with Crippen LogP contribution in [0.3, 0.4) is 0 Å². The predicted octanol–water partition coefficient (Wildman–Crippen LogP) is 0.0880. The smallest absolute Gasteiger partial charge is 0.346 e. The number of aromatic nitrogens is 1. The van der Waals surface area contributed by atoms with Crippen LogP contribution in [0.5, 0.6) is 0 Å². The SMILES string of the molecule is O=C1C=C2c3c(F)ccc4[nH]cc(c34)CC2N(C(O)(O)O)C1. The minimum absolute atomic E-state index is 0.271. The predicted molar refractivity (Wildman–Crippen MR) is 74.8 cm³/mol. The van der Waals surface area contributed by atoms with Gasteiger partial charge in [-0.15, -0.1) is 0 Å². The van der Waals surface area contributed by atoms with Crippen molar-refractivity contribution >= 4 is 22.3 Å². The molecule has 1 aliphatic heterocycles. The van der Waals surface area contributed by atoms with Gasteiger partial charge in [-0.1, -0.05) is 0 Å². The summed E-state index contributed by atoms with van der Waals surface area (Å²) in [7, 11) is 0. The molecule has 114 valence electrons. The summed E-state index contributed by atoms with van der Waals surface area (Å²) in [5, 5.41) is 29.2. The van der Waals surface area contributed by atoms with Gasteiger partial charge in [0.1, 0.15) is 5.82 Å². The Kier molecular flexibility index (Phi) is 2.62. The maximum Gasteiger partial charge on any atom is 0.346 e. The molecule has 22 heavy (non-hydrogen) atoms. The van der Waals surface area contributed by atoms with Crippen molar-refractivity contribution < 1.29 is 24.5 Å². The zero-order chi connectivity index (χ0) is 15.6. The number of nitrogens with one attached hydrogen (secondary N) is 1. The number of aromatic amines is 1. The lowest BCUT2D eigenvalue weighted by Crippen LogP contribution is -2.58. The molecule has 0 saturated carbocycles. The van der Waals surface area contributed by atoms with Crippen molar-refractivity contribution in [3.8, 4) is 0 Å². The Bertz CT molecular complexity index is 834. The lowest BCUT2D eigenvalue weighted by Gasteiger charge is -2.41. The Balaban J connectivity index is 1.99. The zero-order valence-corrected chi connectivity index (χ0v) is 11.4. The topological polar surface area (TPSA) is 96.8 Å². The van der Waals surface area contributed by atoms with E-state index in [1.165, 1.54) is 12.1 Å². The minimum atomic E-state index is -3.14. The number of carbonyl (C=O) groups is 1. The first kappa shape index (κ1) is 13.6. The summed E-state index contributed by atoms with van der Waals surface area (Å²) in [5.41, 5.74) is 2.18. The summed E-state index contributed by atoms with van der Waals surface area (Å²) >= 11 is 0. The molecule has 1 aromatic heterocycles. The third kappa shape index (κ3) is 1.77. The number of hydrogen-bond acceptors (Lipinski definition) is 5. The van der Waals surface area contributed by atoms with Crippen molar-refractivity contribution in [2.45, 2.75) is 18.6 Å². The van der Waals surface area contributed by atoms with Gasteiger partial charge in [0.2, 0.25) is 0 Å². The molecule has 0 spiro atoms. The van der Waals surface area contributed by atoms with Crippen molar-refractivity contribution in [1.29, 1.82) is 0 Å². The second-order valence-electron chi connectivity index (χ2n) is 5.67. The summed E-state index contributed by atoms with van der Waals surface area (Å²) in [6, 6.07) is 2.23. The van der Waals surface area contributed by atoms with E-state index in [0.717, 1.165) is 16.0 Å². The van der Waals surface area contributed by atoms with E-state index in [4.69, 9.17) is 0 Å². The molecule has 4 N–H and O–H groups in total. The molecular formula is C15H13FN2O4. The first-order valence-corrected chi connectivity index (χ1v) is 6.83. The van der Waals surface area contributed by atoms with Gasteiger partial charge in [-0.2, -0.15) is 0 Å². The van der Waals surface area contributed by atoms with E-state index in [9.17, 15) is 24.5 Å². The van der Waals surface area contributed by atoms with Crippen LogP contribution in [-0.2, 0) is 11.2 Å². The lowest BCUT2D eigenvalue weighted by molar-refractivity contribution is -0.396. The second kappa shape index (κ2) is 4.23. The summed E-state index contributed by atoms with van der Waals surface area (Å²) in [5.74, 6) is -0.915.